The lowest BCUT2D eigenvalue weighted by atomic mass is 9.99. The van der Waals surface area contributed by atoms with E-state index in [-0.39, 0.29) is 11.8 Å². The number of carbonyl (C=O) groups excluding carboxylic acids is 1. The minimum absolute atomic E-state index is 0.0958. The van der Waals surface area contributed by atoms with Crippen molar-refractivity contribution in [2.45, 2.75) is 19.4 Å². The van der Waals surface area contributed by atoms with Crippen molar-refractivity contribution in [3.63, 3.8) is 0 Å². The molecule has 20 heavy (non-hydrogen) atoms. The largest absolute Gasteiger partial charge is 0.349 e. The van der Waals surface area contributed by atoms with Gasteiger partial charge in [0.05, 0.1) is 23.5 Å². The molecule has 1 unspecified atom stereocenters. The number of hydrogen-bond acceptors (Lipinski definition) is 3. The lowest BCUT2D eigenvalue weighted by molar-refractivity contribution is -0.125. The Hall–Kier alpha value is -1.88. The summed E-state index contributed by atoms with van der Waals surface area (Å²) in [6.07, 6.45) is 2.05. The van der Waals surface area contributed by atoms with Crippen LogP contribution in [0, 0.1) is 5.92 Å². The van der Waals surface area contributed by atoms with E-state index in [0.717, 1.165) is 42.8 Å². The smallest absolute Gasteiger partial charge is 0.224 e. The third kappa shape index (κ3) is 2.54. The number of benzene rings is 1. The highest BCUT2D eigenvalue weighted by Gasteiger charge is 2.20. The van der Waals surface area contributed by atoms with E-state index in [2.05, 4.69) is 15.6 Å². The third-order valence-corrected chi connectivity index (χ3v) is 3.97. The molecule has 1 saturated heterocycles. The van der Waals surface area contributed by atoms with Gasteiger partial charge in [0.1, 0.15) is 5.82 Å². The van der Waals surface area contributed by atoms with E-state index < -0.39 is 0 Å². The minimum Gasteiger partial charge on any atom is -0.349 e. The fourth-order valence-corrected chi connectivity index (χ4v) is 2.74. The van der Waals surface area contributed by atoms with Crippen molar-refractivity contribution in [1.82, 2.24) is 20.2 Å². The second-order valence-corrected chi connectivity index (χ2v) is 5.34. The first kappa shape index (κ1) is 13.1. The van der Waals surface area contributed by atoms with E-state index in [1.807, 2.05) is 35.9 Å². The molecule has 1 aliphatic heterocycles. The van der Waals surface area contributed by atoms with Gasteiger partial charge in [0, 0.05) is 13.6 Å². The van der Waals surface area contributed by atoms with Gasteiger partial charge >= 0.3 is 0 Å². The summed E-state index contributed by atoms with van der Waals surface area (Å²) in [5.41, 5.74) is 2.06. The molecule has 1 aliphatic rings. The van der Waals surface area contributed by atoms with E-state index >= 15 is 0 Å². The topological polar surface area (TPSA) is 59.0 Å². The van der Waals surface area contributed by atoms with Crippen LogP contribution in [0.4, 0.5) is 0 Å². The Morgan fingerprint density at radius 2 is 2.35 bits per heavy atom. The molecule has 5 heteroatoms. The van der Waals surface area contributed by atoms with Crippen molar-refractivity contribution in [2.24, 2.45) is 13.0 Å². The molecule has 1 fully saturated rings. The normalized spacial score (nSPS) is 19.1. The van der Waals surface area contributed by atoms with E-state index in [1.54, 1.807) is 0 Å². The first-order valence-electron chi connectivity index (χ1n) is 7.14. The van der Waals surface area contributed by atoms with Gasteiger partial charge in [-0.05, 0) is 31.5 Å². The predicted octanol–water partition coefficient (Wildman–Crippen LogP) is 1.19. The van der Waals surface area contributed by atoms with Crippen LogP contribution in [0.2, 0.25) is 0 Å². The van der Waals surface area contributed by atoms with Gasteiger partial charge in [0.25, 0.3) is 0 Å². The van der Waals surface area contributed by atoms with Crippen LogP contribution in [0.3, 0.4) is 0 Å². The van der Waals surface area contributed by atoms with Crippen molar-refractivity contribution in [1.29, 1.82) is 0 Å². The summed E-state index contributed by atoms with van der Waals surface area (Å²) >= 11 is 0. The highest BCUT2D eigenvalue weighted by molar-refractivity contribution is 5.79. The molecule has 1 aromatic heterocycles. The summed E-state index contributed by atoms with van der Waals surface area (Å²) in [5.74, 6) is 1.12. The van der Waals surface area contributed by atoms with Gasteiger partial charge in [-0.2, -0.15) is 0 Å². The number of aromatic nitrogens is 2. The van der Waals surface area contributed by atoms with Gasteiger partial charge in [-0.3, -0.25) is 4.79 Å². The maximum Gasteiger partial charge on any atom is 0.224 e. The number of para-hydroxylation sites is 2. The number of rotatable bonds is 3. The zero-order valence-electron chi connectivity index (χ0n) is 11.7. The van der Waals surface area contributed by atoms with E-state index in [4.69, 9.17) is 0 Å². The summed E-state index contributed by atoms with van der Waals surface area (Å²) in [7, 11) is 1.99. The van der Waals surface area contributed by atoms with Gasteiger partial charge in [-0.15, -0.1) is 0 Å². The molecule has 2 N–H and O–H groups in total. The zero-order valence-corrected chi connectivity index (χ0v) is 11.7. The van der Waals surface area contributed by atoms with Gasteiger partial charge in [-0.1, -0.05) is 12.1 Å². The highest BCUT2D eigenvalue weighted by atomic mass is 16.1. The number of carbonyl (C=O) groups is 1. The predicted molar refractivity (Wildman–Crippen MR) is 78.2 cm³/mol. The molecule has 2 aromatic rings. The maximum atomic E-state index is 12.1. The quantitative estimate of drug-likeness (QED) is 0.882. The van der Waals surface area contributed by atoms with Crippen LogP contribution in [0.5, 0.6) is 0 Å². The van der Waals surface area contributed by atoms with Crippen molar-refractivity contribution < 1.29 is 4.79 Å². The first-order valence-corrected chi connectivity index (χ1v) is 7.14. The van der Waals surface area contributed by atoms with Crippen LogP contribution in [0.25, 0.3) is 11.0 Å². The van der Waals surface area contributed by atoms with Gasteiger partial charge in [0.15, 0.2) is 0 Å². The maximum absolute atomic E-state index is 12.1. The lowest BCUT2D eigenvalue weighted by Crippen LogP contribution is -2.40. The average molecular weight is 272 g/mol. The summed E-state index contributed by atoms with van der Waals surface area (Å²) in [6.45, 7) is 2.30. The molecule has 2 heterocycles. The second kappa shape index (κ2) is 5.63. The number of nitrogens with one attached hydrogen (secondary N) is 2. The Morgan fingerprint density at radius 1 is 1.50 bits per heavy atom. The first-order chi connectivity index (χ1) is 9.75. The Balaban J connectivity index is 1.67. The molecule has 3 rings (SSSR count). The molecule has 5 nitrogen and oxygen atoms in total. The van der Waals surface area contributed by atoms with Crippen LogP contribution >= 0.6 is 0 Å². The van der Waals surface area contributed by atoms with Crippen molar-refractivity contribution in [3.05, 3.63) is 30.1 Å². The van der Waals surface area contributed by atoms with E-state index in [0.29, 0.717) is 6.54 Å². The number of amides is 1. The number of nitrogens with zero attached hydrogens (tertiary/aromatic N) is 2. The SMILES string of the molecule is Cn1c(CNC(=O)C2CCCNC2)nc2ccccc21. The standard InChI is InChI=1S/C15H20N4O/c1-19-13-7-3-2-6-12(13)18-14(19)10-17-15(20)11-5-4-8-16-9-11/h2-3,6-7,11,16H,4-5,8-10H2,1H3,(H,17,20). The molecule has 1 atom stereocenters. The number of hydrogen-bond donors (Lipinski definition) is 2. The fraction of sp³-hybridized carbons (Fsp3) is 0.467. The molecule has 0 bridgehead atoms. The zero-order chi connectivity index (χ0) is 13.9. The van der Waals surface area contributed by atoms with Gasteiger partial charge < -0.3 is 15.2 Å². The molecule has 0 spiro atoms. The molecule has 1 amide bonds. The summed E-state index contributed by atoms with van der Waals surface area (Å²) in [4.78, 5) is 16.7. The lowest BCUT2D eigenvalue weighted by Gasteiger charge is -2.21. The molecule has 0 saturated carbocycles. The van der Waals surface area contributed by atoms with E-state index in [9.17, 15) is 4.79 Å². The summed E-state index contributed by atoms with van der Waals surface area (Å²) in [6, 6.07) is 8.01. The number of imidazole rings is 1. The van der Waals surface area contributed by atoms with Crippen LogP contribution in [0.15, 0.2) is 24.3 Å². The molecule has 0 radical (unpaired) electrons. The number of aryl methyl sites for hydroxylation is 1. The third-order valence-electron chi connectivity index (χ3n) is 3.97. The Labute approximate surface area is 118 Å². The number of piperidine rings is 1. The van der Waals surface area contributed by atoms with Crippen molar-refractivity contribution in [2.75, 3.05) is 13.1 Å². The minimum atomic E-state index is 0.0958. The molecule has 106 valence electrons. The Kier molecular flexibility index (Phi) is 3.69. The van der Waals surface area contributed by atoms with Crippen LogP contribution in [-0.2, 0) is 18.4 Å². The van der Waals surface area contributed by atoms with Gasteiger partial charge in [0.2, 0.25) is 5.91 Å². The van der Waals surface area contributed by atoms with Crippen LogP contribution in [0.1, 0.15) is 18.7 Å². The monoisotopic (exact) mass is 272 g/mol. The second-order valence-electron chi connectivity index (χ2n) is 5.34. The molecular formula is C15H20N4O. The average Bonchev–Trinajstić information content (AvgIpc) is 2.83. The molecule has 0 aliphatic carbocycles. The number of fused-ring (bicyclic) bond motifs is 1. The Morgan fingerprint density at radius 3 is 3.10 bits per heavy atom. The molecule has 1 aromatic carbocycles. The molecular weight excluding hydrogens is 252 g/mol. The fourth-order valence-electron chi connectivity index (χ4n) is 2.74. The van der Waals surface area contributed by atoms with Gasteiger partial charge in [-0.25, -0.2) is 4.98 Å². The summed E-state index contributed by atoms with van der Waals surface area (Å²) < 4.78 is 2.04. The van der Waals surface area contributed by atoms with Crippen molar-refractivity contribution in [3.8, 4) is 0 Å². The Bertz CT molecular complexity index is 613. The highest BCUT2D eigenvalue weighted by Crippen LogP contribution is 2.14. The van der Waals surface area contributed by atoms with E-state index in [1.165, 1.54) is 0 Å². The summed E-state index contributed by atoms with van der Waals surface area (Å²) in [5, 5.41) is 6.27. The van der Waals surface area contributed by atoms with Crippen LogP contribution < -0.4 is 10.6 Å². The van der Waals surface area contributed by atoms with Crippen LogP contribution in [-0.4, -0.2) is 28.5 Å². The van der Waals surface area contributed by atoms with Crippen molar-refractivity contribution >= 4 is 16.9 Å².